The van der Waals surface area contributed by atoms with Gasteiger partial charge in [0.2, 0.25) is 0 Å². The molecule has 0 aliphatic heterocycles. The largest absolute Gasteiger partial charge is 0.481 e. The van der Waals surface area contributed by atoms with Crippen LogP contribution in [0.15, 0.2) is 29.6 Å². The summed E-state index contributed by atoms with van der Waals surface area (Å²) >= 11 is 1.55. The summed E-state index contributed by atoms with van der Waals surface area (Å²) < 4.78 is 0. The predicted octanol–water partition coefficient (Wildman–Crippen LogP) is 3.60. The average molecular weight is 289 g/mol. The number of aliphatic carboxylic acids is 1. The molecule has 0 amide bonds. The Labute approximate surface area is 123 Å². The van der Waals surface area contributed by atoms with E-state index in [1.54, 1.807) is 11.3 Å². The van der Waals surface area contributed by atoms with Crippen molar-refractivity contribution in [2.24, 2.45) is 0 Å². The maximum atomic E-state index is 10.7. The first-order chi connectivity index (χ1) is 9.38. The number of carboxylic acids is 1. The van der Waals surface area contributed by atoms with Crippen LogP contribution in [0.25, 0.3) is 0 Å². The molecule has 1 aromatic heterocycles. The Balaban J connectivity index is 2.19. The van der Waals surface area contributed by atoms with Gasteiger partial charge in [-0.05, 0) is 24.5 Å². The molecule has 4 heteroatoms. The van der Waals surface area contributed by atoms with E-state index in [1.807, 2.05) is 11.4 Å². The number of hydrogen-bond donors (Lipinski definition) is 1. The van der Waals surface area contributed by atoms with Crippen LogP contribution in [0.4, 0.5) is 0 Å². The van der Waals surface area contributed by atoms with Gasteiger partial charge in [-0.1, -0.05) is 38.1 Å². The SMILES string of the molecule is Cc1ccccc1CC(C)(C)c1nc(CC(=O)O)cs1. The van der Waals surface area contributed by atoms with Crippen molar-refractivity contribution in [1.29, 1.82) is 0 Å². The minimum Gasteiger partial charge on any atom is -0.481 e. The first-order valence-electron chi connectivity index (χ1n) is 6.60. The van der Waals surface area contributed by atoms with E-state index in [4.69, 9.17) is 5.11 Å². The second-order valence-electron chi connectivity index (χ2n) is 5.70. The molecule has 106 valence electrons. The third-order valence-corrected chi connectivity index (χ3v) is 4.61. The van der Waals surface area contributed by atoms with Gasteiger partial charge in [0.15, 0.2) is 0 Å². The van der Waals surface area contributed by atoms with Crippen molar-refractivity contribution >= 4 is 17.3 Å². The Morgan fingerprint density at radius 1 is 1.35 bits per heavy atom. The summed E-state index contributed by atoms with van der Waals surface area (Å²) in [4.78, 5) is 15.2. The molecule has 0 aliphatic rings. The molecule has 0 saturated heterocycles. The second-order valence-corrected chi connectivity index (χ2v) is 6.56. The van der Waals surface area contributed by atoms with E-state index in [-0.39, 0.29) is 11.8 Å². The molecular weight excluding hydrogens is 270 g/mol. The lowest BCUT2D eigenvalue weighted by Crippen LogP contribution is -2.21. The smallest absolute Gasteiger partial charge is 0.309 e. The van der Waals surface area contributed by atoms with Gasteiger partial charge in [-0.3, -0.25) is 4.79 Å². The molecule has 0 aliphatic carbocycles. The minimum atomic E-state index is -0.835. The van der Waals surface area contributed by atoms with Crippen LogP contribution in [0.3, 0.4) is 0 Å². The van der Waals surface area contributed by atoms with Gasteiger partial charge in [-0.15, -0.1) is 11.3 Å². The highest BCUT2D eigenvalue weighted by Crippen LogP contribution is 2.31. The fourth-order valence-electron chi connectivity index (χ4n) is 2.21. The quantitative estimate of drug-likeness (QED) is 0.915. The van der Waals surface area contributed by atoms with E-state index in [0.29, 0.717) is 5.69 Å². The van der Waals surface area contributed by atoms with Gasteiger partial charge < -0.3 is 5.11 Å². The molecule has 0 unspecified atom stereocenters. The monoisotopic (exact) mass is 289 g/mol. The van der Waals surface area contributed by atoms with Crippen molar-refractivity contribution in [2.45, 2.75) is 39.0 Å². The highest BCUT2D eigenvalue weighted by molar-refractivity contribution is 7.09. The van der Waals surface area contributed by atoms with E-state index in [1.165, 1.54) is 11.1 Å². The zero-order valence-electron chi connectivity index (χ0n) is 12.0. The number of nitrogens with zero attached hydrogens (tertiary/aromatic N) is 1. The van der Waals surface area contributed by atoms with Gasteiger partial charge in [-0.2, -0.15) is 0 Å². The van der Waals surface area contributed by atoms with E-state index in [0.717, 1.165) is 11.4 Å². The van der Waals surface area contributed by atoms with Gasteiger partial charge in [0.05, 0.1) is 17.1 Å². The summed E-state index contributed by atoms with van der Waals surface area (Å²) in [6.07, 6.45) is 0.899. The minimum absolute atomic E-state index is 0.00303. The summed E-state index contributed by atoms with van der Waals surface area (Å²) in [6, 6.07) is 8.35. The third kappa shape index (κ3) is 3.45. The molecule has 2 rings (SSSR count). The molecule has 0 bridgehead atoms. The van der Waals surface area contributed by atoms with Crippen molar-refractivity contribution in [2.75, 3.05) is 0 Å². The number of aryl methyl sites for hydroxylation is 1. The van der Waals surface area contributed by atoms with Gasteiger partial charge in [0, 0.05) is 10.8 Å². The molecule has 1 aromatic carbocycles. The van der Waals surface area contributed by atoms with Crippen molar-refractivity contribution in [3.05, 3.63) is 51.5 Å². The molecule has 1 heterocycles. The Hall–Kier alpha value is -1.68. The molecule has 1 N–H and O–H groups in total. The lowest BCUT2D eigenvalue weighted by atomic mass is 9.85. The molecular formula is C16H19NO2S. The Morgan fingerprint density at radius 3 is 2.70 bits per heavy atom. The van der Waals surface area contributed by atoms with Crippen LogP contribution < -0.4 is 0 Å². The van der Waals surface area contributed by atoms with Crippen molar-refractivity contribution in [3.8, 4) is 0 Å². The van der Waals surface area contributed by atoms with Gasteiger partial charge in [0.1, 0.15) is 0 Å². The molecule has 2 aromatic rings. The number of rotatable bonds is 5. The van der Waals surface area contributed by atoms with Crippen molar-refractivity contribution in [3.63, 3.8) is 0 Å². The molecule has 20 heavy (non-hydrogen) atoms. The summed E-state index contributed by atoms with van der Waals surface area (Å²) in [6.45, 7) is 6.43. The van der Waals surface area contributed by atoms with E-state index in [9.17, 15) is 4.79 Å². The zero-order chi connectivity index (χ0) is 14.8. The number of hydrogen-bond acceptors (Lipinski definition) is 3. The van der Waals surface area contributed by atoms with Crippen LogP contribution in [0.1, 0.15) is 35.7 Å². The second kappa shape index (κ2) is 5.75. The number of carboxylic acid groups (broad SMARTS) is 1. The van der Waals surface area contributed by atoms with Crippen LogP contribution in [0.2, 0.25) is 0 Å². The van der Waals surface area contributed by atoms with Crippen LogP contribution in [0, 0.1) is 6.92 Å². The van der Waals surface area contributed by atoms with Gasteiger partial charge in [-0.25, -0.2) is 4.98 Å². The Kier molecular flexibility index (Phi) is 4.23. The first kappa shape index (κ1) is 14.7. The van der Waals surface area contributed by atoms with Crippen molar-refractivity contribution < 1.29 is 9.90 Å². The number of thiazole rings is 1. The number of aromatic nitrogens is 1. The lowest BCUT2D eigenvalue weighted by molar-refractivity contribution is -0.136. The summed E-state index contributed by atoms with van der Waals surface area (Å²) in [5.41, 5.74) is 3.15. The first-order valence-corrected chi connectivity index (χ1v) is 7.47. The van der Waals surface area contributed by atoms with Gasteiger partial charge in [0.25, 0.3) is 0 Å². The van der Waals surface area contributed by atoms with Crippen LogP contribution in [-0.2, 0) is 23.1 Å². The maximum absolute atomic E-state index is 10.7. The van der Waals surface area contributed by atoms with Crippen LogP contribution in [0.5, 0.6) is 0 Å². The molecule has 0 fully saturated rings. The van der Waals surface area contributed by atoms with Gasteiger partial charge >= 0.3 is 5.97 Å². The average Bonchev–Trinajstić information content (AvgIpc) is 2.80. The molecule has 0 saturated carbocycles. The fourth-order valence-corrected chi connectivity index (χ4v) is 3.16. The molecule has 3 nitrogen and oxygen atoms in total. The van der Waals surface area contributed by atoms with E-state index >= 15 is 0 Å². The summed E-state index contributed by atoms with van der Waals surface area (Å²) in [5.74, 6) is -0.835. The fraction of sp³-hybridized carbons (Fsp3) is 0.375. The highest BCUT2D eigenvalue weighted by Gasteiger charge is 2.25. The molecule has 0 atom stereocenters. The predicted molar refractivity (Wildman–Crippen MR) is 81.4 cm³/mol. The van der Waals surface area contributed by atoms with E-state index < -0.39 is 5.97 Å². The molecule has 0 radical (unpaired) electrons. The highest BCUT2D eigenvalue weighted by atomic mass is 32.1. The Morgan fingerprint density at radius 2 is 2.05 bits per heavy atom. The maximum Gasteiger partial charge on any atom is 0.309 e. The van der Waals surface area contributed by atoms with Crippen LogP contribution in [-0.4, -0.2) is 16.1 Å². The summed E-state index contributed by atoms with van der Waals surface area (Å²) in [7, 11) is 0. The van der Waals surface area contributed by atoms with E-state index in [2.05, 4.69) is 44.0 Å². The topological polar surface area (TPSA) is 50.2 Å². The third-order valence-electron chi connectivity index (χ3n) is 3.36. The number of carbonyl (C=O) groups is 1. The standard InChI is InChI=1S/C16H19NO2S/c1-11-6-4-5-7-12(11)9-16(2,3)15-17-13(10-20-15)8-14(18)19/h4-7,10H,8-9H2,1-3H3,(H,18,19). The summed E-state index contributed by atoms with van der Waals surface area (Å²) in [5, 5.41) is 11.7. The molecule has 0 spiro atoms. The number of benzene rings is 1. The Bertz CT molecular complexity index is 616. The normalized spacial score (nSPS) is 11.6. The zero-order valence-corrected chi connectivity index (χ0v) is 12.8. The lowest BCUT2D eigenvalue weighted by Gasteiger charge is -2.23. The van der Waals surface area contributed by atoms with Crippen LogP contribution >= 0.6 is 11.3 Å². The van der Waals surface area contributed by atoms with Crippen molar-refractivity contribution in [1.82, 2.24) is 4.98 Å².